The van der Waals surface area contributed by atoms with Crippen LogP contribution in [0.1, 0.15) is 22.8 Å². The minimum Gasteiger partial charge on any atom is -0.618 e. The molecular weight excluding hydrogens is 454 g/mol. The van der Waals surface area contributed by atoms with E-state index in [4.69, 9.17) is 16.3 Å². The van der Waals surface area contributed by atoms with E-state index >= 15 is 0 Å². The van der Waals surface area contributed by atoms with Crippen molar-refractivity contribution in [3.63, 3.8) is 0 Å². The predicted octanol–water partition coefficient (Wildman–Crippen LogP) is 4.29. The molecule has 3 aromatic heterocycles. The van der Waals surface area contributed by atoms with Crippen LogP contribution in [0.4, 0.5) is 17.3 Å². The Bertz CT molecular complexity index is 1410. The lowest BCUT2D eigenvalue weighted by Gasteiger charge is -2.23. The highest BCUT2D eigenvalue weighted by Gasteiger charge is 2.31. The first-order chi connectivity index (χ1) is 16.5. The highest BCUT2D eigenvalue weighted by Crippen LogP contribution is 2.38. The van der Waals surface area contributed by atoms with E-state index in [0.717, 1.165) is 15.7 Å². The Morgan fingerprint density at radius 3 is 2.82 bits per heavy atom. The van der Waals surface area contributed by atoms with Crippen LogP contribution in [0, 0.1) is 5.21 Å². The summed E-state index contributed by atoms with van der Waals surface area (Å²) in [5.74, 6) is 1.61. The van der Waals surface area contributed by atoms with E-state index in [1.807, 2.05) is 30.0 Å². The van der Waals surface area contributed by atoms with Gasteiger partial charge in [0.2, 0.25) is 5.52 Å². The van der Waals surface area contributed by atoms with Gasteiger partial charge in [-0.2, -0.15) is 4.73 Å². The summed E-state index contributed by atoms with van der Waals surface area (Å²) in [5, 5.41) is 13.1. The van der Waals surface area contributed by atoms with Gasteiger partial charge in [0.05, 0.1) is 23.2 Å². The first-order valence-electron chi connectivity index (χ1n) is 10.9. The van der Waals surface area contributed by atoms with Gasteiger partial charge >= 0.3 is 0 Å². The molecule has 0 aliphatic carbocycles. The molecule has 9 heteroatoms. The van der Waals surface area contributed by atoms with Gasteiger partial charge in [-0.05, 0) is 42.8 Å². The van der Waals surface area contributed by atoms with E-state index in [0.29, 0.717) is 58.9 Å². The van der Waals surface area contributed by atoms with E-state index in [1.54, 1.807) is 48.5 Å². The number of aromatic nitrogens is 3. The molecule has 1 aliphatic rings. The summed E-state index contributed by atoms with van der Waals surface area (Å²) in [7, 11) is 1.72. The van der Waals surface area contributed by atoms with Gasteiger partial charge in [-0.3, -0.25) is 4.79 Å². The molecule has 0 saturated heterocycles. The maximum atomic E-state index is 13.3. The highest BCUT2D eigenvalue weighted by atomic mass is 35.5. The molecule has 34 heavy (non-hydrogen) atoms. The second-order valence-electron chi connectivity index (χ2n) is 7.92. The Balaban J connectivity index is 1.42. The minimum atomic E-state index is -0.166. The zero-order chi connectivity index (χ0) is 23.8. The summed E-state index contributed by atoms with van der Waals surface area (Å²) >= 11 is 6.15. The number of hydrogen-bond acceptors (Lipinski definition) is 6. The zero-order valence-electron chi connectivity index (χ0n) is 18.7. The SMILES string of the molecule is CCN1c2ncc(CCOc3cccc4c3ccc[n+]4[O-])cc2C(=O)N(C)c2ccc(Cl)nc21. The van der Waals surface area contributed by atoms with Crippen molar-refractivity contribution < 1.29 is 14.3 Å². The monoisotopic (exact) mass is 475 g/mol. The third kappa shape index (κ3) is 3.76. The predicted molar refractivity (Wildman–Crippen MR) is 131 cm³/mol. The van der Waals surface area contributed by atoms with Crippen LogP contribution in [0.15, 0.2) is 60.9 Å². The number of benzene rings is 1. The van der Waals surface area contributed by atoms with Gasteiger partial charge in [0.1, 0.15) is 16.7 Å². The molecule has 0 N–H and O–H groups in total. The molecule has 0 atom stereocenters. The van der Waals surface area contributed by atoms with Crippen LogP contribution in [0.2, 0.25) is 5.15 Å². The number of hydrogen-bond donors (Lipinski definition) is 0. The van der Waals surface area contributed by atoms with Crippen molar-refractivity contribution in [2.75, 3.05) is 30.0 Å². The standard InChI is InChI=1S/C25H22ClN5O3/c1-3-30-23-18(25(32)29(2)20-9-10-22(26)28-24(20)30)14-16(15-27-23)11-13-34-21-8-4-7-19-17(21)6-5-12-31(19)33/h4-10,12,14-15H,3,11,13H2,1-2H3. The molecule has 0 unspecified atom stereocenters. The fourth-order valence-corrected chi connectivity index (χ4v) is 4.32. The summed E-state index contributed by atoms with van der Waals surface area (Å²) in [5.41, 5.74) is 2.58. The fraction of sp³-hybridized carbons (Fsp3) is 0.200. The normalized spacial score (nSPS) is 13.0. The number of rotatable bonds is 5. The largest absolute Gasteiger partial charge is 0.618 e. The van der Waals surface area contributed by atoms with E-state index < -0.39 is 0 Å². The van der Waals surface area contributed by atoms with Crippen molar-refractivity contribution in [2.24, 2.45) is 0 Å². The van der Waals surface area contributed by atoms with Gasteiger partial charge in [0.15, 0.2) is 12.0 Å². The van der Waals surface area contributed by atoms with Crippen molar-refractivity contribution in [3.05, 3.63) is 82.4 Å². The summed E-state index contributed by atoms with van der Waals surface area (Å²) in [6.45, 7) is 2.92. The third-order valence-electron chi connectivity index (χ3n) is 5.88. The number of anilines is 3. The molecule has 0 fully saturated rings. The molecule has 8 nitrogen and oxygen atoms in total. The molecule has 172 valence electrons. The number of carbonyl (C=O) groups excluding carboxylic acids is 1. The van der Waals surface area contributed by atoms with Crippen LogP contribution < -0.4 is 19.3 Å². The molecule has 0 radical (unpaired) electrons. The second kappa shape index (κ2) is 8.79. The van der Waals surface area contributed by atoms with Crippen LogP contribution in [-0.4, -0.2) is 36.1 Å². The first kappa shape index (κ1) is 21.9. The number of nitrogens with zero attached hydrogens (tertiary/aromatic N) is 5. The molecule has 0 saturated carbocycles. The van der Waals surface area contributed by atoms with Crippen LogP contribution in [0.3, 0.4) is 0 Å². The van der Waals surface area contributed by atoms with Gasteiger partial charge in [0, 0.05) is 38.3 Å². The number of amides is 1. The average Bonchev–Trinajstić information content (AvgIpc) is 2.92. The van der Waals surface area contributed by atoms with Crippen molar-refractivity contribution >= 4 is 45.7 Å². The molecule has 1 aliphatic heterocycles. The molecule has 0 spiro atoms. The Hall–Kier alpha value is -3.91. The maximum Gasteiger partial charge on any atom is 0.261 e. The number of carbonyl (C=O) groups is 1. The molecule has 4 aromatic rings. The lowest BCUT2D eigenvalue weighted by atomic mass is 10.1. The van der Waals surface area contributed by atoms with Crippen molar-refractivity contribution in [1.29, 1.82) is 0 Å². The second-order valence-corrected chi connectivity index (χ2v) is 8.31. The molecule has 1 aromatic carbocycles. The zero-order valence-corrected chi connectivity index (χ0v) is 19.5. The molecule has 5 rings (SSSR count). The highest BCUT2D eigenvalue weighted by molar-refractivity contribution is 6.29. The lowest BCUT2D eigenvalue weighted by Crippen LogP contribution is -2.26. The quantitative estimate of drug-likeness (QED) is 0.243. The van der Waals surface area contributed by atoms with Gasteiger partial charge < -0.3 is 19.7 Å². The van der Waals surface area contributed by atoms with Gasteiger partial charge in [-0.15, -0.1) is 0 Å². The molecule has 1 amide bonds. The van der Waals surface area contributed by atoms with Gasteiger partial charge in [-0.25, -0.2) is 9.97 Å². The summed E-state index contributed by atoms with van der Waals surface area (Å²) in [6.07, 6.45) is 3.76. The van der Waals surface area contributed by atoms with Gasteiger partial charge in [-0.1, -0.05) is 17.7 Å². The number of halogens is 1. The third-order valence-corrected chi connectivity index (χ3v) is 6.09. The number of pyridine rings is 3. The Labute approximate surface area is 201 Å². The Kier molecular flexibility index (Phi) is 5.67. The van der Waals surface area contributed by atoms with Crippen LogP contribution in [-0.2, 0) is 6.42 Å². The topological polar surface area (TPSA) is 85.5 Å². The smallest absolute Gasteiger partial charge is 0.261 e. The van der Waals surface area contributed by atoms with E-state index in [-0.39, 0.29) is 5.91 Å². The minimum absolute atomic E-state index is 0.166. The van der Waals surface area contributed by atoms with Crippen molar-refractivity contribution in [3.8, 4) is 5.75 Å². The van der Waals surface area contributed by atoms with Crippen molar-refractivity contribution in [2.45, 2.75) is 13.3 Å². The van der Waals surface area contributed by atoms with E-state index in [9.17, 15) is 10.0 Å². The van der Waals surface area contributed by atoms with E-state index in [2.05, 4.69) is 9.97 Å². The van der Waals surface area contributed by atoms with Crippen molar-refractivity contribution in [1.82, 2.24) is 9.97 Å². The van der Waals surface area contributed by atoms with E-state index in [1.165, 1.54) is 6.20 Å². The number of fused-ring (bicyclic) bond motifs is 3. The lowest BCUT2D eigenvalue weighted by molar-refractivity contribution is -0.577. The molecule has 0 bridgehead atoms. The maximum absolute atomic E-state index is 13.3. The summed E-state index contributed by atoms with van der Waals surface area (Å²) in [4.78, 5) is 25.9. The van der Waals surface area contributed by atoms with Crippen LogP contribution in [0.25, 0.3) is 10.9 Å². The number of ether oxygens (including phenoxy) is 1. The Morgan fingerprint density at radius 1 is 1.15 bits per heavy atom. The first-order valence-corrected chi connectivity index (χ1v) is 11.3. The van der Waals surface area contributed by atoms with Crippen LogP contribution >= 0.6 is 11.6 Å². The average molecular weight is 476 g/mol. The Morgan fingerprint density at radius 2 is 2.00 bits per heavy atom. The molecule has 4 heterocycles. The summed E-state index contributed by atoms with van der Waals surface area (Å²) in [6, 6.07) is 14.3. The fourth-order valence-electron chi connectivity index (χ4n) is 4.17. The molecular formula is C25H22ClN5O3. The van der Waals surface area contributed by atoms with Crippen LogP contribution in [0.5, 0.6) is 5.75 Å². The van der Waals surface area contributed by atoms with Gasteiger partial charge in [0.25, 0.3) is 5.91 Å². The summed E-state index contributed by atoms with van der Waals surface area (Å²) < 4.78 is 6.81.